The van der Waals surface area contributed by atoms with Crippen LogP contribution in [0.3, 0.4) is 0 Å². The van der Waals surface area contributed by atoms with E-state index in [1.807, 2.05) is 6.07 Å². The molecule has 84 valence electrons. The molecule has 2 aromatic rings. The summed E-state index contributed by atoms with van der Waals surface area (Å²) >= 11 is 0. The lowest BCUT2D eigenvalue weighted by molar-refractivity contribution is -0.129. The van der Waals surface area contributed by atoms with E-state index in [0.29, 0.717) is 16.8 Å². The number of nitrogens with one attached hydrogen (secondary N) is 1. The van der Waals surface area contributed by atoms with Gasteiger partial charge in [-0.1, -0.05) is 30.3 Å². The molecule has 4 heteroatoms. The monoisotopic (exact) mass is 226 g/mol. The first-order valence-corrected chi connectivity index (χ1v) is 5.27. The molecule has 0 radical (unpaired) electrons. The first-order chi connectivity index (χ1) is 8.23. The molecule has 1 unspecified atom stereocenters. The SMILES string of the molecule is O=C1Nc2ccncc2C1(O)c1ccccc1. The summed E-state index contributed by atoms with van der Waals surface area (Å²) in [7, 11) is 0. The van der Waals surface area contributed by atoms with Crippen LogP contribution < -0.4 is 5.32 Å². The Balaban J connectivity index is 2.24. The molecule has 0 saturated carbocycles. The predicted molar refractivity (Wildman–Crippen MR) is 62.3 cm³/mol. The van der Waals surface area contributed by atoms with Crippen LogP contribution in [0.2, 0.25) is 0 Å². The number of hydrogen-bond acceptors (Lipinski definition) is 3. The fourth-order valence-electron chi connectivity index (χ4n) is 2.09. The number of rotatable bonds is 1. The third-order valence-electron chi connectivity index (χ3n) is 2.98. The maximum Gasteiger partial charge on any atom is 0.265 e. The van der Waals surface area contributed by atoms with Gasteiger partial charge < -0.3 is 10.4 Å². The molecule has 1 aliphatic heterocycles. The summed E-state index contributed by atoms with van der Waals surface area (Å²) in [5.41, 5.74) is 0.0157. The average Bonchev–Trinajstić information content (AvgIpc) is 2.64. The number of carbonyl (C=O) groups is 1. The summed E-state index contributed by atoms with van der Waals surface area (Å²) in [6, 6.07) is 10.5. The van der Waals surface area contributed by atoms with Crippen molar-refractivity contribution in [3.63, 3.8) is 0 Å². The van der Waals surface area contributed by atoms with E-state index in [-0.39, 0.29) is 0 Å². The summed E-state index contributed by atoms with van der Waals surface area (Å²) < 4.78 is 0. The second-order valence-electron chi connectivity index (χ2n) is 3.95. The standard InChI is InChI=1S/C13H10N2O2/c16-12-13(17,9-4-2-1-3-5-9)10-8-14-7-6-11(10)15-12/h1-8,17H,(H,15,16). The van der Waals surface area contributed by atoms with E-state index < -0.39 is 11.5 Å². The first-order valence-electron chi connectivity index (χ1n) is 5.27. The van der Waals surface area contributed by atoms with Crippen molar-refractivity contribution in [2.75, 3.05) is 5.32 Å². The second-order valence-corrected chi connectivity index (χ2v) is 3.95. The van der Waals surface area contributed by atoms with Gasteiger partial charge in [0.05, 0.1) is 5.69 Å². The molecule has 17 heavy (non-hydrogen) atoms. The highest BCUT2D eigenvalue weighted by Crippen LogP contribution is 2.39. The van der Waals surface area contributed by atoms with E-state index in [2.05, 4.69) is 10.3 Å². The lowest BCUT2D eigenvalue weighted by atomic mass is 9.89. The zero-order chi connectivity index (χ0) is 11.9. The topological polar surface area (TPSA) is 62.2 Å². The van der Waals surface area contributed by atoms with Crippen molar-refractivity contribution in [1.29, 1.82) is 0 Å². The maximum absolute atomic E-state index is 12.0. The van der Waals surface area contributed by atoms with Crippen LogP contribution in [0.1, 0.15) is 11.1 Å². The molecule has 2 N–H and O–H groups in total. The Bertz CT molecular complexity index is 583. The predicted octanol–water partition coefficient (Wildman–Crippen LogP) is 1.27. The van der Waals surface area contributed by atoms with Crippen LogP contribution in [0.25, 0.3) is 0 Å². The van der Waals surface area contributed by atoms with Crippen molar-refractivity contribution in [2.45, 2.75) is 5.60 Å². The number of aliphatic hydroxyl groups is 1. The third-order valence-corrected chi connectivity index (χ3v) is 2.98. The molecule has 3 rings (SSSR count). The number of fused-ring (bicyclic) bond motifs is 1. The highest BCUT2D eigenvalue weighted by molar-refractivity contribution is 6.07. The zero-order valence-electron chi connectivity index (χ0n) is 8.92. The second kappa shape index (κ2) is 3.40. The molecule has 1 atom stereocenters. The lowest BCUT2D eigenvalue weighted by Crippen LogP contribution is -2.35. The number of pyridine rings is 1. The van der Waals surface area contributed by atoms with Crippen molar-refractivity contribution in [1.82, 2.24) is 4.98 Å². The molecule has 2 heterocycles. The fourth-order valence-corrected chi connectivity index (χ4v) is 2.09. The van der Waals surface area contributed by atoms with Crippen LogP contribution in [-0.4, -0.2) is 16.0 Å². The number of amides is 1. The average molecular weight is 226 g/mol. The molecule has 0 spiro atoms. The molecule has 0 fully saturated rings. The minimum Gasteiger partial charge on any atom is -0.372 e. The fraction of sp³-hybridized carbons (Fsp3) is 0.0769. The minimum atomic E-state index is -1.63. The lowest BCUT2D eigenvalue weighted by Gasteiger charge is -2.20. The Morgan fingerprint density at radius 2 is 1.94 bits per heavy atom. The normalized spacial score (nSPS) is 22.1. The molecular formula is C13H10N2O2. The van der Waals surface area contributed by atoms with Crippen molar-refractivity contribution >= 4 is 11.6 Å². The molecule has 0 saturated heterocycles. The van der Waals surface area contributed by atoms with Gasteiger partial charge in [-0.2, -0.15) is 0 Å². The summed E-state index contributed by atoms with van der Waals surface area (Å²) in [6.45, 7) is 0. The maximum atomic E-state index is 12.0. The number of benzene rings is 1. The van der Waals surface area contributed by atoms with Crippen LogP contribution in [-0.2, 0) is 10.4 Å². The van der Waals surface area contributed by atoms with Crippen LogP contribution in [0.15, 0.2) is 48.8 Å². The first kappa shape index (κ1) is 9.99. The van der Waals surface area contributed by atoms with Crippen LogP contribution in [0.4, 0.5) is 5.69 Å². The van der Waals surface area contributed by atoms with E-state index in [0.717, 1.165) is 0 Å². The van der Waals surface area contributed by atoms with Crippen LogP contribution >= 0.6 is 0 Å². The number of nitrogens with zero attached hydrogens (tertiary/aromatic N) is 1. The molecule has 0 aliphatic carbocycles. The molecule has 1 amide bonds. The smallest absolute Gasteiger partial charge is 0.265 e. The third kappa shape index (κ3) is 1.28. The summed E-state index contributed by atoms with van der Waals surface area (Å²) in [5, 5.41) is 13.3. The van der Waals surface area contributed by atoms with Gasteiger partial charge >= 0.3 is 0 Å². The number of anilines is 1. The zero-order valence-corrected chi connectivity index (χ0v) is 8.92. The van der Waals surface area contributed by atoms with Gasteiger partial charge in [0.25, 0.3) is 5.91 Å². The number of carbonyl (C=O) groups excluding carboxylic acids is 1. The van der Waals surface area contributed by atoms with E-state index in [1.54, 1.807) is 36.5 Å². The quantitative estimate of drug-likeness (QED) is 0.769. The molecule has 1 aromatic heterocycles. The Kier molecular flexibility index (Phi) is 2.00. The highest BCUT2D eigenvalue weighted by Gasteiger charge is 2.46. The van der Waals surface area contributed by atoms with Crippen molar-refractivity contribution in [3.8, 4) is 0 Å². The van der Waals surface area contributed by atoms with Crippen LogP contribution in [0.5, 0.6) is 0 Å². The van der Waals surface area contributed by atoms with Crippen molar-refractivity contribution in [3.05, 3.63) is 59.9 Å². The van der Waals surface area contributed by atoms with E-state index >= 15 is 0 Å². The Morgan fingerprint density at radius 1 is 1.18 bits per heavy atom. The Morgan fingerprint density at radius 3 is 2.71 bits per heavy atom. The van der Waals surface area contributed by atoms with Gasteiger partial charge in [0.2, 0.25) is 0 Å². The minimum absolute atomic E-state index is 0.438. The van der Waals surface area contributed by atoms with Gasteiger partial charge in [-0.15, -0.1) is 0 Å². The van der Waals surface area contributed by atoms with Crippen molar-refractivity contribution < 1.29 is 9.90 Å². The van der Waals surface area contributed by atoms with Gasteiger partial charge in [0, 0.05) is 18.0 Å². The summed E-state index contributed by atoms with van der Waals surface area (Å²) in [5.74, 6) is -0.438. The molecular weight excluding hydrogens is 216 g/mol. The molecule has 0 bridgehead atoms. The van der Waals surface area contributed by atoms with Gasteiger partial charge in [0.15, 0.2) is 5.60 Å². The number of hydrogen-bond donors (Lipinski definition) is 2. The summed E-state index contributed by atoms with van der Waals surface area (Å²) in [6.07, 6.45) is 3.09. The number of aromatic nitrogens is 1. The molecule has 1 aliphatic rings. The van der Waals surface area contributed by atoms with Gasteiger partial charge in [-0.3, -0.25) is 9.78 Å². The highest BCUT2D eigenvalue weighted by atomic mass is 16.3. The molecule has 4 nitrogen and oxygen atoms in total. The van der Waals surface area contributed by atoms with E-state index in [9.17, 15) is 9.90 Å². The van der Waals surface area contributed by atoms with Gasteiger partial charge in [-0.05, 0) is 11.6 Å². The summed E-state index contributed by atoms with van der Waals surface area (Å²) in [4.78, 5) is 15.9. The van der Waals surface area contributed by atoms with E-state index in [1.165, 1.54) is 6.20 Å². The molecule has 1 aromatic carbocycles. The van der Waals surface area contributed by atoms with Gasteiger partial charge in [-0.25, -0.2) is 0 Å². The largest absolute Gasteiger partial charge is 0.372 e. The van der Waals surface area contributed by atoms with Crippen molar-refractivity contribution in [2.24, 2.45) is 0 Å². The van der Waals surface area contributed by atoms with Gasteiger partial charge in [0.1, 0.15) is 0 Å². The van der Waals surface area contributed by atoms with Crippen LogP contribution in [0, 0.1) is 0 Å². The van der Waals surface area contributed by atoms with E-state index in [4.69, 9.17) is 0 Å². The Labute approximate surface area is 97.9 Å². The Hall–Kier alpha value is -2.20.